The maximum absolute atomic E-state index is 6.55. The van der Waals surface area contributed by atoms with Crippen LogP contribution in [0.4, 0.5) is 5.69 Å². The lowest BCUT2D eigenvalue weighted by Crippen LogP contribution is -2.37. The zero-order chi connectivity index (χ0) is 23.8. The minimum absolute atomic E-state index is 0.0117. The van der Waals surface area contributed by atoms with Gasteiger partial charge in [0, 0.05) is 41.0 Å². The number of thioether (sulfide) groups is 1. The number of hydrogen-bond donors (Lipinski definition) is 1. The summed E-state index contributed by atoms with van der Waals surface area (Å²) in [5, 5.41) is 2.59. The van der Waals surface area contributed by atoms with Crippen LogP contribution in [0.3, 0.4) is 0 Å². The number of nitrogens with one attached hydrogen (secondary N) is 1. The van der Waals surface area contributed by atoms with Gasteiger partial charge in [0.1, 0.15) is 0 Å². The topological polar surface area (TPSA) is 51.5 Å². The van der Waals surface area contributed by atoms with E-state index in [1.165, 1.54) is 10.5 Å². The summed E-state index contributed by atoms with van der Waals surface area (Å²) in [4.78, 5) is 5.35. The largest absolute Gasteiger partial charge is 0.345 e. The molecule has 0 bridgehead atoms. The molecule has 0 amide bonds. The standard InChI is InChI=1S/C25H29ClN4O2S2/c1-2-28-30(19-33)22-7-9-24(10-8-22)34-16-23-15-31-25(32-23,17-29-14-13-27-18-29)12-11-20-3-5-21(26)6-4-20/h3-10,13-14,18-19,23,28H,2,11-12,15-17H2,1H3/t23-,25-/m0/s1. The molecule has 1 aliphatic heterocycles. The van der Waals surface area contributed by atoms with Gasteiger partial charge in [-0.1, -0.05) is 42.9 Å². The SMILES string of the molecule is CCNN(C=S)c1ccc(SC[C@@H]2CO[C@](CCc3ccc(Cl)cc3)(Cn3ccnc3)O2)cc1. The normalized spacial score (nSPS) is 19.9. The maximum atomic E-state index is 6.55. The second kappa shape index (κ2) is 12.2. The fourth-order valence-corrected chi connectivity index (χ4v) is 5.08. The van der Waals surface area contributed by atoms with Crippen LogP contribution in [-0.4, -0.2) is 45.8 Å². The van der Waals surface area contributed by atoms with Crippen molar-refractivity contribution in [3.05, 3.63) is 77.8 Å². The van der Waals surface area contributed by atoms with Crippen molar-refractivity contribution in [3.8, 4) is 0 Å². The number of hydrazine groups is 1. The molecule has 1 fully saturated rings. The fourth-order valence-electron chi connectivity index (χ4n) is 3.89. The number of aromatic nitrogens is 2. The van der Waals surface area contributed by atoms with Gasteiger partial charge in [0.2, 0.25) is 0 Å². The Labute approximate surface area is 215 Å². The van der Waals surface area contributed by atoms with Gasteiger partial charge in [-0.15, -0.1) is 11.8 Å². The number of anilines is 1. The summed E-state index contributed by atoms with van der Waals surface area (Å²) in [7, 11) is 0. The lowest BCUT2D eigenvalue weighted by atomic mass is 10.0. The molecule has 0 unspecified atom stereocenters. The number of imidazole rings is 1. The van der Waals surface area contributed by atoms with E-state index in [-0.39, 0.29) is 6.10 Å². The molecule has 4 rings (SSSR count). The van der Waals surface area contributed by atoms with Crippen molar-refractivity contribution in [2.24, 2.45) is 0 Å². The molecule has 1 saturated heterocycles. The summed E-state index contributed by atoms with van der Waals surface area (Å²) in [6.45, 7) is 4.03. The average molecular weight is 517 g/mol. The average Bonchev–Trinajstić information content (AvgIpc) is 3.52. The van der Waals surface area contributed by atoms with E-state index in [9.17, 15) is 0 Å². The van der Waals surface area contributed by atoms with E-state index in [4.69, 9.17) is 33.3 Å². The van der Waals surface area contributed by atoms with Gasteiger partial charge in [-0.2, -0.15) is 0 Å². The number of rotatable bonds is 12. The Bertz CT molecular complexity index is 1030. The Morgan fingerprint density at radius 1 is 1.26 bits per heavy atom. The van der Waals surface area contributed by atoms with Crippen LogP contribution in [0.1, 0.15) is 18.9 Å². The molecule has 0 aliphatic carbocycles. The molecule has 6 nitrogen and oxygen atoms in total. The summed E-state index contributed by atoms with van der Waals surface area (Å²) < 4.78 is 14.9. The van der Waals surface area contributed by atoms with Gasteiger partial charge in [-0.3, -0.25) is 5.01 Å². The first-order chi connectivity index (χ1) is 16.6. The van der Waals surface area contributed by atoms with Crippen molar-refractivity contribution in [1.29, 1.82) is 0 Å². The second-order valence-electron chi connectivity index (χ2n) is 8.12. The zero-order valence-corrected chi connectivity index (χ0v) is 21.5. The number of benzene rings is 2. The summed E-state index contributed by atoms with van der Waals surface area (Å²) in [6, 6.07) is 16.3. The third-order valence-corrected chi connectivity index (χ3v) is 7.20. The molecular weight excluding hydrogens is 488 g/mol. The first-order valence-corrected chi connectivity index (χ1v) is 13.2. The van der Waals surface area contributed by atoms with E-state index < -0.39 is 5.79 Å². The molecule has 2 heterocycles. The minimum Gasteiger partial charge on any atom is -0.345 e. The van der Waals surface area contributed by atoms with Crippen LogP contribution in [0.2, 0.25) is 5.02 Å². The number of aryl methyl sites for hydroxylation is 1. The molecule has 1 N–H and O–H groups in total. The first-order valence-electron chi connectivity index (χ1n) is 11.3. The van der Waals surface area contributed by atoms with Crippen molar-refractivity contribution in [1.82, 2.24) is 15.0 Å². The lowest BCUT2D eigenvalue weighted by Gasteiger charge is -2.28. The molecule has 34 heavy (non-hydrogen) atoms. The van der Waals surface area contributed by atoms with E-state index in [0.29, 0.717) is 13.2 Å². The van der Waals surface area contributed by atoms with Crippen molar-refractivity contribution >= 4 is 46.8 Å². The van der Waals surface area contributed by atoms with Gasteiger partial charge in [-0.25, -0.2) is 10.4 Å². The Morgan fingerprint density at radius 3 is 2.74 bits per heavy atom. The maximum Gasteiger partial charge on any atom is 0.187 e. The van der Waals surface area contributed by atoms with Crippen molar-refractivity contribution < 1.29 is 9.47 Å². The molecule has 0 saturated carbocycles. The number of hydrogen-bond acceptors (Lipinski definition) is 6. The molecule has 180 valence electrons. The van der Waals surface area contributed by atoms with Gasteiger partial charge >= 0.3 is 0 Å². The summed E-state index contributed by atoms with van der Waals surface area (Å²) >= 11 is 12.9. The molecule has 1 aromatic heterocycles. The third kappa shape index (κ3) is 6.81. The Morgan fingerprint density at radius 2 is 2.06 bits per heavy atom. The fraction of sp³-hybridized carbons (Fsp3) is 0.360. The predicted octanol–water partition coefficient (Wildman–Crippen LogP) is 5.36. The molecule has 0 radical (unpaired) electrons. The highest BCUT2D eigenvalue weighted by atomic mass is 35.5. The van der Waals surface area contributed by atoms with E-state index in [1.807, 2.05) is 34.8 Å². The molecule has 2 aromatic carbocycles. The highest BCUT2D eigenvalue weighted by Crippen LogP contribution is 2.33. The van der Waals surface area contributed by atoms with Crippen LogP contribution in [0.15, 0.2) is 72.1 Å². The molecule has 9 heteroatoms. The minimum atomic E-state index is -0.680. The van der Waals surface area contributed by atoms with Crippen molar-refractivity contribution in [3.63, 3.8) is 0 Å². The van der Waals surface area contributed by atoms with E-state index in [0.717, 1.165) is 35.8 Å². The van der Waals surface area contributed by atoms with Gasteiger partial charge in [0.05, 0.1) is 36.8 Å². The highest BCUT2D eigenvalue weighted by molar-refractivity contribution is 7.99. The van der Waals surface area contributed by atoms with Gasteiger partial charge in [0.25, 0.3) is 0 Å². The Balaban J connectivity index is 1.36. The van der Waals surface area contributed by atoms with Crippen molar-refractivity contribution in [2.75, 3.05) is 23.9 Å². The van der Waals surface area contributed by atoms with Crippen LogP contribution in [0.5, 0.6) is 0 Å². The molecular formula is C25H29ClN4O2S2. The van der Waals surface area contributed by atoms with E-state index in [1.54, 1.807) is 29.8 Å². The van der Waals surface area contributed by atoms with Crippen LogP contribution in [0.25, 0.3) is 0 Å². The molecule has 3 aromatic rings. The second-order valence-corrected chi connectivity index (χ2v) is 9.86. The summed E-state index contributed by atoms with van der Waals surface area (Å²) in [6.07, 6.45) is 7.13. The van der Waals surface area contributed by atoms with Crippen LogP contribution >= 0.6 is 35.6 Å². The quantitative estimate of drug-likeness (QED) is 0.197. The number of ether oxygens (including phenoxy) is 2. The van der Waals surface area contributed by atoms with E-state index in [2.05, 4.69) is 46.8 Å². The predicted molar refractivity (Wildman–Crippen MR) is 143 cm³/mol. The molecule has 1 aliphatic rings. The van der Waals surface area contributed by atoms with Crippen molar-refractivity contribution in [2.45, 2.75) is 43.1 Å². The van der Waals surface area contributed by atoms with Crippen LogP contribution in [0, 0.1) is 0 Å². The first kappa shape index (κ1) is 25.2. The molecule has 2 atom stereocenters. The van der Waals surface area contributed by atoms with Gasteiger partial charge in [-0.05, 0) is 48.4 Å². The van der Waals surface area contributed by atoms with Crippen LogP contribution < -0.4 is 10.4 Å². The van der Waals surface area contributed by atoms with Gasteiger partial charge in [0.15, 0.2) is 5.79 Å². The Hall–Kier alpha value is -1.94. The number of nitrogens with zero attached hydrogens (tertiary/aromatic N) is 3. The lowest BCUT2D eigenvalue weighted by molar-refractivity contribution is -0.180. The number of halogens is 1. The van der Waals surface area contributed by atoms with Crippen LogP contribution in [-0.2, 0) is 22.4 Å². The summed E-state index contributed by atoms with van der Waals surface area (Å²) in [5.41, 5.74) is 7.05. The zero-order valence-electron chi connectivity index (χ0n) is 19.1. The Kier molecular flexibility index (Phi) is 8.99. The smallest absolute Gasteiger partial charge is 0.187 e. The van der Waals surface area contributed by atoms with E-state index >= 15 is 0 Å². The molecule has 0 spiro atoms. The third-order valence-electron chi connectivity index (χ3n) is 5.59. The van der Waals surface area contributed by atoms with Gasteiger partial charge < -0.3 is 14.0 Å². The number of thiocarbonyl (C=S) groups is 1. The highest BCUT2D eigenvalue weighted by Gasteiger charge is 2.41. The summed E-state index contributed by atoms with van der Waals surface area (Å²) in [5.74, 6) is 0.136. The monoisotopic (exact) mass is 516 g/mol.